The Hall–Kier alpha value is -1.44. The lowest BCUT2D eigenvalue weighted by molar-refractivity contribution is -0.121. The first-order valence-electron chi connectivity index (χ1n) is 11.4. The molecule has 0 bridgehead atoms. The molecule has 30 heavy (non-hydrogen) atoms. The van der Waals surface area contributed by atoms with Gasteiger partial charge >= 0.3 is 0 Å². The van der Waals surface area contributed by atoms with Crippen LogP contribution in [0.4, 0.5) is 0 Å². The van der Waals surface area contributed by atoms with Gasteiger partial charge < -0.3 is 5.32 Å². The number of piperidine rings is 2. The van der Waals surface area contributed by atoms with Crippen LogP contribution in [0.25, 0.3) is 0 Å². The molecule has 7 heteroatoms. The molecule has 1 amide bonds. The summed E-state index contributed by atoms with van der Waals surface area (Å²) in [5.41, 5.74) is 0.957. The summed E-state index contributed by atoms with van der Waals surface area (Å²) in [6.07, 6.45) is 7.76. The number of hydrogen-bond acceptors (Lipinski definition) is 4. The molecule has 0 atom stereocenters. The highest BCUT2D eigenvalue weighted by Gasteiger charge is 2.28. The lowest BCUT2D eigenvalue weighted by atomic mass is 9.98. The molecule has 2 aliphatic rings. The highest BCUT2D eigenvalue weighted by atomic mass is 32.2. The second-order valence-electron chi connectivity index (χ2n) is 9.25. The molecule has 6 nitrogen and oxygen atoms in total. The fourth-order valence-corrected chi connectivity index (χ4v) is 5.87. The van der Waals surface area contributed by atoms with E-state index in [1.807, 2.05) is 12.1 Å². The van der Waals surface area contributed by atoms with Gasteiger partial charge in [-0.1, -0.05) is 25.0 Å². The van der Waals surface area contributed by atoms with E-state index in [1.165, 1.54) is 19.3 Å². The third-order valence-electron chi connectivity index (χ3n) is 6.45. The van der Waals surface area contributed by atoms with E-state index in [1.54, 1.807) is 16.4 Å². The van der Waals surface area contributed by atoms with E-state index in [0.717, 1.165) is 37.9 Å². The van der Waals surface area contributed by atoms with Gasteiger partial charge in [0.25, 0.3) is 0 Å². The van der Waals surface area contributed by atoms with E-state index >= 15 is 0 Å². The summed E-state index contributed by atoms with van der Waals surface area (Å²) in [4.78, 5) is 15.2. The summed E-state index contributed by atoms with van der Waals surface area (Å²) in [5, 5.41) is 3.09. The molecular formula is C23H37N3O3S. The van der Waals surface area contributed by atoms with Crippen molar-refractivity contribution in [1.82, 2.24) is 14.5 Å². The van der Waals surface area contributed by atoms with Gasteiger partial charge in [-0.15, -0.1) is 0 Å². The Morgan fingerprint density at radius 1 is 0.933 bits per heavy atom. The first-order chi connectivity index (χ1) is 14.3. The van der Waals surface area contributed by atoms with E-state index in [4.69, 9.17) is 0 Å². The topological polar surface area (TPSA) is 69.7 Å². The molecule has 2 heterocycles. The van der Waals surface area contributed by atoms with E-state index in [0.29, 0.717) is 37.4 Å². The molecule has 1 N–H and O–H groups in total. The monoisotopic (exact) mass is 435 g/mol. The van der Waals surface area contributed by atoms with Crippen LogP contribution in [0.2, 0.25) is 0 Å². The minimum absolute atomic E-state index is 0.0272. The van der Waals surface area contributed by atoms with Gasteiger partial charge in [0.05, 0.1) is 4.90 Å². The Morgan fingerprint density at radius 2 is 1.50 bits per heavy atom. The van der Waals surface area contributed by atoms with Crippen molar-refractivity contribution in [2.24, 2.45) is 0 Å². The Labute approximate surface area is 182 Å². The van der Waals surface area contributed by atoms with Crippen molar-refractivity contribution >= 4 is 15.9 Å². The molecule has 0 unspecified atom stereocenters. The second-order valence-corrected chi connectivity index (χ2v) is 11.2. The number of amides is 1. The van der Waals surface area contributed by atoms with Crippen LogP contribution in [-0.4, -0.2) is 61.8 Å². The van der Waals surface area contributed by atoms with Gasteiger partial charge in [0.15, 0.2) is 0 Å². The fraction of sp³-hybridized carbons (Fsp3) is 0.696. The quantitative estimate of drug-likeness (QED) is 0.681. The van der Waals surface area contributed by atoms with Crippen LogP contribution >= 0.6 is 0 Å². The van der Waals surface area contributed by atoms with Crippen LogP contribution in [0.5, 0.6) is 0 Å². The molecule has 3 rings (SSSR count). The van der Waals surface area contributed by atoms with Crippen molar-refractivity contribution in [3.8, 4) is 0 Å². The minimum Gasteiger partial charge on any atom is -0.354 e. The highest BCUT2D eigenvalue weighted by molar-refractivity contribution is 7.89. The number of benzene rings is 1. The summed E-state index contributed by atoms with van der Waals surface area (Å²) in [6.45, 7) is 8.47. The maximum Gasteiger partial charge on any atom is 0.243 e. The molecule has 168 valence electrons. The van der Waals surface area contributed by atoms with Crippen LogP contribution in [0.1, 0.15) is 64.4 Å². The van der Waals surface area contributed by atoms with Crippen molar-refractivity contribution in [2.75, 3.05) is 32.7 Å². The maximum atomic E-state index is 12.7. The zero-order chi connectivity index (χ0) is 21.6. The predicted molar refractivity (Wildman–Crippen MR) is 120 cm³/mol. The predicted octanol–water partition coefficient (Wildman–Crippen LogP) is 3.17. The standard InChI is InChI=1S/C23H37N3O3S/c1-23(2,25-15-5-3-6-16-25)19-24-22(27)14-11-20-9-12-21(13-10-20)30(28,29)26-17-7-4-8-18-26/h9-10,12-13H,3-8,11,14-19H2,1-2H3,(H,24,27). The smallest absolute Gasteiger partial charge is 0.243 e. The number of rotatable bonds is 8. The van der Waals surface area contributed by atoms with Crippen LogP contribution in [0.3, 0.4) is 0 Å². The van der Waals surface area contributed by atoms with E-state index in [9.17, 15) is 13.2 Å². The zero-order valence-corrected chi connectivity index (χ0v) is 19.3. The van der Waals surface area contributed by atoms with Gasteiger partial charge in [-0.05, 0) is 76.7 Å². The first-order valence-corrected chi connectivity index (χ1v) is 12.8. The molecule has 2 fully saturated rings. The molecule has 0 aliphatic carbocycles. The van der Waals surface area contributed by atoms with Crippen molar-refractivity contribution in [2.45, 2.75) is 75.6 Å². The van der Waals surface area contributed by atoms with Crippen molar-refractivity contribution in [3.05, 3.63) is 29.8 Å². The molecular weight excluding hydrogens is 398 g/mol. The largest absolute Gasteiger partial charge is 0.354 e. The van der Waals surface area contributed by atoms with Crippen LogP contribution in [0, 0.1) is 0 Å². The molecule has 1 aromatic carbocycles. The molecule has 0 radical (unpaired) electrons. The number of hydrogen-bond donors (Lipinski definition) is 1. The maximum absolute atomic E-state index is 12.7. The summed E-state index contributed by atoms with van der Waals surface area (Å²) >= 11 is 0. The van der Waals surface area contributed by atoms with Crippen molar-refractivity contribution < 1.29 is 13.2 Å². The van der Waals surface area contributed by atoms with Crippen LogP contribution in [-0.2, 0) is 21.2 Å². The molecule has 2 saturated heterocycles. The number of likely N-dealkylation sites (tertiary alicyclic amines) is 1. The van der Waals surface area contributed by atoms with Gasteiger partial charge in [0, 0.05) is 31.6 Å². The van der Waals surface area contributed by atoms with E-state index in [2.05, 4.69) is 24.1 Å². The van der Waals surface area contributed by atoms with E-state index in [-0.39, 0.29) is 11.4 Å². The van der Waals surface area contributed by atoms with Gasteiger partial charge in [0.2, 0.25) is 15.9 Å². The van der Waals surface area contributed by atoms with Crippen LogP contribution in [0.15, 0.2) is 29.2 Å². The van der Waals surface area contributed by atoms with Crippen LogP contribution < -0.4 is 5.32 Å². The number of carbonyl (C=O) groups is 1. The number of aryl methyl sites for hydroxylation is 1. The van der Waals surface area contributed by atoms with Gasteiger partial charge in [-0.25, -0.2) is 8.42 Å². The average Bonchev–Trinajstić information content (AvgIpc) is 2.78. The molecule has 1 aromatic rings. The molecule has 0 aromatic heterocycles. The third-order valence-corrected chi connectivity index (χ3v) is 8.36. The van der Waals surface area contributed by atoms with Gasteiger partial charge in [-0.2, -0.15) is 4.31 Å². The summed E-state index contributed by atoms with van der Waals surface area (Å²) < 4.78 is 27.1. The highest BCUT2D eigenvalue weighted by Crippen LogP contribution is 2.22. The molecule has 2 aliphatic heterocycles. The number of carbonyl (C=O) groups excluding carboxylic acids is 1. The number of sulfonamides is 1. The fourth-order valence-electron chi connectivity index (χ4n) is 4.35. The lowest BCUT2D eigenvalue weighted by Crippen LogP contribution is -2.53. The molecule has 0 spiro atoms. The summed E-state index contributed by atoms with van der Waals surface area (Å²) in [7, 11) is -3.40. The SMILES string of the molecule is CC(C)(CNC(=O)CCc1ccc(S(=O)(=O)N2CCCCC2)cc1)N1CCCCC1. The number of nitrogens with zero attached hydrogens (tertiary/aromatic N) is 2. The summed E-state index contributed by atoms with van der Waals surface area (Å²) in [5.74, 6) is 0.0464. The Bertz CT molecular complexity index is 793. The van der Waals surface area contributed by atoms with Crippen molar-refractivity contribution in [3.63, 3.8) is 0 Å². The second kappa shape index (κ2) is 10.2. The first kappa shape index (κ1) is 23.2. The lowest BCUT2D eigenvalue weighted by Gasteiger charge is -2.41. The number of nitrogens with one attached hydrogen (secondary N) is 1. The normalized spacial score (nSPS) is 19.5. The Morgan fingerprint density at radius 3 is 2.10 bits per heavy atom. The van der Waals surface area contributed by atoms with Crippen molar-refractivity contribution in [1.29, 1.82) is 0 Å². The minimum atomic E-state index is -3.40. The van der Waals surface area contributed by atoms with E-state index < -0.39 is 10.0 Å². The Kier molecular flexibility index (Phi) is 7.93. The summed E-state index contributed by atoms with van der Waals surface area (Å²) in [6, 6.07) is 7.02. The third kappa shape index (κ3) is 6.05. The zero-order valence-electron chi connectivity index (χ0n) is 18.5. The molecule has 0 saturated carbocycles. The Balaban J connectivity index is 1.47. The average molecular weight is 436 g/mol. The van der Waals surface area contributed by atoms with Gasteiger partial charge in [0.1, 0.15) is 0 Å². The van der Waals surface area contributed by atoms with Gasteiger partial charge in [-0.3, -0.25) is 9.69 Å².